The number of thiazole rings is 1. The lowest BCUT2D eigenvalue weighted by atomic mass is 9.97. The fourth-order valence-electron chi connectivity index (χ4n) is 2.96. The lowest BCUT2D eigenvalue weighted by Gasteiger charge is -2.45. The van der Waals surface area contributed by atoms with Crippen LogP contribution in [0.5, 0.6) is 0 Å². The molecule has 0 spiro atoms. The van der Waals surface area contributed by atoms with Crippen molar-refractivity contribution < 1.29 is 41.7 Å². The molecule has 3 heterocycles. The first-order valence-corrected chi connectivity index (χ1v) is 11.2. The number of amides is 3. The van der Waals surface area contributed by atoms with Crippen molar-refractivity contribution in [1.82, 2.24) is 19.5 Å². The number of nitrogens with two attached hydrogens (primary N) is 1. The summed E-state index contributed by atoms with van der Waals surface area (Å²) in [4.78, 5) is 57.8. The van der Waals surface area contributed by atoms with Crippen LogP contribution in [0.4, 0.5) is 9.93 Å². The molecular formula is C15H18N6O9S2. The molecule has 0 radical (unpaired) electrons. The Labute approximate surface area is 185 Å². The standard InChI is InChI=1S/C15H18N6O9S2/c1-7(22)5-30-19-10(8-6-31-14(16)17-8)12(23)18-11-9(4-20-2-3-29-15(20)25)21(13(11)24)32(26,27)28/h6,9,11H,2-5H2,1H3,(H2,16,17)(H,18,23)(H,26,27,28). The quantitative estimate of drug-likeness (QED) is 0.149. The Morgan fingerprint density at radius 2 is 2.19 bits per heavy atom. The minimum Gasteiger partial charge on any atom is -0.448 e. The van der Waals surface area contributed by atoms with Crippen molar-refractivity contribution in [2.24, 2.45) is 5.16 Å². The van der Waals surface area contributed by atoms with E-state index in [9.17, 15) is 32.1 Å². The van der Waals surface area contributed by atoms with Gasteiger partial charge < -0.3 is 25.5 Å². The molecular weight excluding hydrogens is 472 g/mol. The van der Waals surface area contributed by atoms with Gasteiger partial charge in [0.25, 0.3) is 11.8 Å². The van der Waals surface area contributed by atoms with Crippen LogP contribution in [0.2, 0.25) is 0 Å². The molecule has 15 nitrogen and oxygen atoms in total. The van der Waals surface area contributed by atoms with Gasteiger partial charge in [-0.15, -0.1) is 11.3 Å². The average Bonchev–Trinajstić information content (AvgIpc) is 3.29. The first-order chi connectivity index (χ1) is 15.0. The molecule has 17 heteroatoms. The maximum atomic E-state index is 12.8. The minimum atomic E-state index is -4.95. The molecule has 174 valence electrons. The highest BCUT2D eigenvalue weighted by Gasteiger charge is 2.55. The van der Waals surface area contributed by atoms with Gasteiger partial charge in [-0.25, -0.2) is 14.1 Å². The summed E-state index contributed by atoms with van der Waals surface area (Å²) >= 11 is 0.993. The van der Waals surface area contributed by atoms with E-state index in [4.69, 9.17) is 15.3 Å². The van der Waals surface area contributed by atoms with Gasteiger partial charge in [0.05, 0.1) is 12.6 Å². The van der Waals surface area contributed by atoms with E-state index in [-0.39, 0.29) is 40.6 Å². The Morgan fingerprint density at radius 1 is 1.47 bits per heavy atom. The van der Waals surface area contributed by atoms with Crippen LogP contribution in [-0.4, -0.2) is 94.9 Å². The zero-order valence-corrected chi connectivity index (χ0v) is 18.1. The van der Waals surface area contributed by atoms with E-state index < -0.39 is 52.6 Å². The number of cyclic esters (lactones) is 1. The molecule has 0 saturated carbocycles. The molecule has 2 aliphatic rings. The Bertz CT molecular complexity index is 1080. The molecule has 2 aliphatic heterocycles. The molecule has 0 aliphatic carbocycles. The molecule has 32 heavy (non-hydrogen) atoms. The van der Waals surface area contributed by atoms with E-state index >= 15 is 0 Å². The molecule has 4 N–H and O–H groups in total. The topological polar surface area (TPSA) is 211 Å². The maximum absolute atomic E-state index is 12.8. The Morgan fingerprint density at radius 3 is 2.72 bits per heavy atom. The first kappa shape index (κ1) is 23.4. The summed E-state index contributed by atoms with van der Waals surface area (Å²) in [5.74, 6) is -2.48. The number of anilines is 1. The number of Topliss-reactive ketones (excluding diaryl/α,β-unsaturated/α-hetero) is 1. The van der Waals surface area contributed by atoms with E-state index in [1.165, 1.54) is 12.3 Å². The normalized spacial score (nSPS) is 21.2. The number of oxime groups is 1. The number of ether oxygens (including phenoxy) is 1. The number of carbonyl (C=O) groups is 4. The summed E-state index contributed by atoms with van der Waals surface area (Å²) in [5.41, 5.74) is 5.14. The van der Waals surface area contributed by atoms with Gasteiger partial charge in [0.1, 0.15) is 18.3 Å². The van der Waals surface area contributed by atoms with Gasteiger partial charge in [0, 0.05) is 11.9 Å². The number of hydrogen-bond acceptors (Lipinski definition) is 12. The molecule has 3 amide bonds. The fourth-order valence-corrected chi connectivity index (χ4v) is 4.38. The van der Waals surface area contributed by atoms with Crippen LogP contribution in [0.1, 0.15) is 12.6 Å². The second-order valence-corrected chi connectivity index (χ2v) is 8.86. The van der Waals surface area contributed by atoms with Gasteiger partial charge in [-0.3, -0.25) is 18.9 Å². The van der Waals surface area contributed by atoms with Crippen molar-refractivity contribution in [2.45, 2.75) is 19.0 Å². The summed E-state index contributed by atoms with van der Waals surface area (Å²) in [6.07, 6.45) is -0.734. The minimum absolute atomic E-state index is 0.00775. The van der Waals surface area contributed by atoms with Crippen LogP contribution in [-0.2, 0) is 34.3 Å². The second kappa shape index (κ2) is 9.05. The highest BCUT2D eigenvalue weighted by atomic mass is 32.2. The number of nitrogens with zero attached hydrogens (tertiary/aromatic N) is 4. The number of nitrogens with one attached hydrogen (secondary N) is 1. The van der Waals surface area contributed by atoms with E-state index in [0.717, 1.165) is 16.2 Å². The van der Waals surface area contributed by atoms with E-state index in [0.29, 0.717) is 0 Å². The number of carbonyl (C=O) groups excluding carboxylic acids is 4. The molecule has 1 aromatic heterocycles. The zero-order chi connectivity index (χ0) is 23.6. The summed E-state index contributed by atoms with van der Waals surface area (Å²) in [5, 5.41) is 7.37. The highest BCUT2D eigenvalue weighted by molar-refractivity contribution is 7.84. The van der Waals surface area contributed by atoms with Crippen LogP contribution in [0, 0.1) is 0 Å². The van der Waals surface area contributed by atoms with E-state index in [1.807, 2.05) is 0 Å². The van der Waals surface area contributed by atoms with Crippen molar-refractivity contribution >= 4 is 56.2 Å². The number of rotatable bonds is 9. The largest absolute Gasteiger partial charge is 0.448 e. The summed E-state index contributed by atoms with van der Waals surface area (Å²) < 4.78 is 37.5. The van der Waals surface area contributed by atoms with Gasteiger partial charge in [0.15, 0.2) is 23.2 Å². The third-order valence-corrected chi connectivity index (χ3v) is 5.98. The number of β-lactam (4-membered cyclic amide) rings is 1. The van der Waals surface area contributed by atoms with Crippen molar-refractivity contribution in [3.05, 3.63) is 11.1 Å². The number of aromatic nitrogens is 1. The Kier molecular flexibility index (Phi) is 6.60. The van der Waals surface area contributed by atoms with Crippen molar-refractivity contribution in [3.63, 3.8) is 0 Å². The van der Waals surface area contributed by atoms with Crippen LogP contribution in [0.3, 0.4) is 0 Å². The smallest absolute Gasteiger partial charge is 0.410 e. The third-order valence-electron chi connectivity index (χ3n) is 4.36. The molecule has 0 aromatic carbocycles. The molecule has 3 rings (SSSR count). The van der Waals surface area contributed by atoms with Crippen molar-refractivity contribution in [2.75, 3.05) is 32.0 Å². The Hall–Kier alpha value is -3.31. The van der Waals surface area contributed by atoms with Crippen LogP contribution >= 0.6 is 11.3 Å². The molecule has 2 unspecified atom stereocenters. The van der Waals surface area contributed by atoms with Gasteiger partial charge >= 0.3 is 16.4 Å². The zero-order valence-electron chi connectivity index (χ0n) is 16.5. The number of ketones is 1. The molecule has 2 atom stereocenters. The lowest BCUT2D eigenvalue weighted by Crippen LogP contribution is -2.74. The predicted octanol–water partition coefficient (Wildman–Crippen LogP) is -2.01. The maximum Gasteiger partial charge on any atom is 0.410 e. The fraction of sp³-hybridized carbons (Fsp3) is 0.467. The van der Waals surface area contributed by atoms with Crippen molar-refractivity contribution in [3.8, 4) is 0 Å². The van der Waals surface area contributed by atoms with E-state index in [1.54, 1.807) is 0 Å². The summed E-state index contributed by atoms with van der Waals surface area (Å²) in [6.45, 7) is 0.674. The first-order valence-electron chi connectivity index (χ1n) is 8.93. The van der Waals surface area contributed by atoms with Crippen LogP contribution in [0.25, 0.3) is 0 Å². The Balaban J connectivity index is 1.82. The third kappa shape index (κ3) is 4.94. The molecule has 0 bridgehead atoms. The van der Waals surface area contributed by atoms with Crippen molar-refractivity contribution in [1.29, 1.82) is 0 Å². The van der Waals surface area contributed by atoms with Gasteiger partial charge in [-0.2, -0.15) is 8.42 Å². The summed E-state index contributed by atoms with van der Waals surface area (Å²) in [7, 11) is -4.95. The van der Waals surface area contributed by atoms with Crippen LogP contribution in [0.15, 0.2) is 10.5 Å². The predicted molar refractivity (Wildman–Crippen MR) is 107 cm³/mol. The number of nitrogen functional groups attached to an aromatic ring is 1. The van der Waals surface area contributed by atoms with E-state index in [2.05, 4.69) is 15.5 Å². The van der Waals surface area contributed by atoms with Gasteiger partial charge in [0.2, 0.25) is 0 Å². The lowest BCUT2D eigenvalue weighted by molar-refractivity contribution is -0.145. The second-order valence-electron chi connectivity index (χ2n) is 6.68. The number of hydrogen-bond donors (Lipinski definition) is 3. The monoisotopic (exact) mass is 490 g/mol. The highest BCUT2D eigenvalue weighted by Crippen LogP contribution is 2.26. The average molecular weight is 490 g/mol. The van der Waals surface area contributed by atoms with Gasteiger partial charge in [-0.1, -0.05) is 5.16 Å². The SMILES string of the molecule is CC(=O)CON=C(C(=O)NC1C(=O)N(S(=O)(=O)O)C1CN1CCOC1=O)c1csc(N)n1. The summed E-state index contributed by atoms with van der Waals surface area (Å²) in [6, 6.07) is -2.72. The molecule has 2 saturated heterocycles. The molecule has 1 aromatic rings. The van der Waals surface area contributed by atoms with Gasteiger partial charge in [-0.05, 0) is 6.92 Å². The molecule has 2 fully saturated rings. The van der Waals surface area contributed by atoms with Crippen LogP contribution < -0.4 is 11.1 Å².